The number of hydrogen-bond acceptors (Lipinski definition) is 4. The summed E-state index contributed by atoms with van der Waals surface area (Å²) in [7, 11) is 3.58. The second-order valence-corrected chi connectivity index (χ2v) is 6.24. The number of aromatic nitrogens is 2. The van der Waals surface area contributed by atoms with Gasteiger partial charge >= 0.3 is 0 Å². The highest BCUT2D eigenvalue weighted by Gasteiger charge is 2.45. The van der Waals surface area contributed by atoms with Crippen LogP contribution in [-0.2, 0) is 16.5 Å². The summed E-state index contributed by atoms with van der Waals surface area (Å²) >= 11 is 0. The summed E-state index contributed by atoms with van der Waals surface area (Å²) in [4.78, 5) is 15.1. The van der Waals surface area contributed by atoms with Crippen LogP contribution in [0.4, 0.5) is 0 Å². The average Bonchev–Trinajstić information content (AvgIpc) is 3.15. The highest BCUT2D eigenvalue weighted by Crippen LogP contribution is 2.33. The van der Waals surface area contributed by atoms with Crippen molar-refractivity contribution in [2.75, 3.05) is 20.3 Å². The Kier molecular flexibility index (Phi) is 3.58. The predicted molar refractivity (Wildman–Crippen MR) is 85.3 cm³/mol. The number of ether oxygens (including phenoxy) is 2. The van der Waals surface area contributed by atoms with E-state index in [4.69, 9.17) is 9.47 Å². The molecule has 1 saturated carbocycles. The van der Waals surface area contributed by atoms with Crippen LogP contribution in [0.3, 0.4) is 0 Å². The van der Waals surface area contributed by atoms with E-state index in [1.165, 1.54) is 0 Å². The van der Waals surface area contributed by atoms with E-state index >= 15 is 0 Å². The molecule has 2 aromatic rings. The lowest BCUT2D eigenvalue weighted by molar-refractivity contribution is -0.0947. The molecule has 6 heteroatoms. The van der Waals surface area contributed by atoms with E-state index in [1.54, 1.807) is 11.8 Å². The Morgan fingerprint density at radius 3 is 3.00 bits per heavy atom. The van der Waals surface area contributed by atoms with Crippen molar-refractivity contribution in [2.24, 2.45) is 7.05 Å². The number of morpholine rings is 1. The fourth-order valence-electron chi connectivity index (χ4n) is 3.93. The Morgan fingerprint density at radius 2 is 2.17 bits per heavy atom. The van der Waals surface area contributed by atoms with Gasteiger partial charge in [0, 0.05) is 26.1 Å². The third-order valence-corrected chi connectivity index (χ3v) is 5.06. The molecular weight excluding hydrogens is 294 g/mol. The van der Waals surface area contributed by atoms with Gasteiger partial charge in [-0.3, -0.25) is 9.48 Å². The molecule has 2 aliphatic rings. The summed E-state index contributed by atoms with van der Waals surface area (Å²) in [5.41, 5.74) is 1.51. The number of para-hydroxylation sites is 1. The third-order valence-electron chi connectivity index (χ3n) is 5.06. The zero-order valence-electron chi connectivity index (χ0n) is 13.4. The largest absolute Gasteiger partial charge is 0.379 e. The minimum absolute atomic E-state index is 0.00291. The summed E-state index contributed by atoms with van der Waals surface area (Å²) < 4.78 is 13.1. The van der Waals surface area contributed by atoms with Gasteiger partial charge in [-0.2, -0.15) is 5.10 Å². The van der Waals surface area contributed by atoms with E-state index in [2.05, 4.69) is 5.10 Å². The summed E-state index contributed by atoms with van der Waals surface area (Å²) in [6.07, 6.45) is 1.90. The van der Waals surface area contributed by atoms with Gasteiger partial charge in [-0.05, 0) is 18.9 Å². The molecular formula is C17H21N3O3. The van der Waals surface area contributed by atoms with Crippen LogP contribution in [0.5, 0.6) is 0 Å². The third kappa shape index (κ3) is 2.24. The minimum atomic E-state index is -0.0207. The number of methoxy groups -OCH3 is 1. The molecule has 6 nitrogen and oxygen atoms in total. The van der Waals surface area contributed by atoms with Crippen molar-refractivity contribution in [3.05, 3.63) is 30.0 Å². The van der Waals surface area contributed by atoms with Gasteiger partial charge < -0.3 is 14.4 Å². The van der Waals surface area contributed by atoms with Crippen LogP contribution < -0.4 is 0 Å². The van der Waals surface area contributed by atoms with Crippen LogP contribution in [0.2, 0.25) is 0 Å². The molecule has 0 radical (unpaired) electrons. The Morgan fingerprint density at radius 1 is 1.35 bits per heavy atom. The number of aryl methyl sites for hydroxylation is 1. The zero-order valence-corrected chi connectivity index (χ0v) is 13.4. The second kappa shape index (κ2) is 5.62. The number of benzene rings is 1. The summed E-state index contributed by atoms with van der Waals surface area (Å²) in [6.45, 7) is 1.17. The SMILES string of the molecule is CO[C@H]1CC[C@@H]2[C@@H]1OCCN2C(=O)c1nn(C)c2ccccc12. The number of nitrogens with zero attached hydrogens (tertiary/aromatic N) is 3. The second-order valence-electron chi connectivity index (χ2n) is 6.24. The van der Waals surface area contributed by atoms with Crippen LogP contribution in [0.1, 0.15) is 23.3 Å². The maximum Gasteiger partial charge on any atom is 0.275 e. The van der Waals surface area contributed by atoms with E-state index in [0.717, 1.165) is 23.7 Å². The van der Waals surface area contributed by atoms with Crippen molar-refractivity contribution in [1.82, 2.24) is 14.7 Å². The minimum Gasteiger partial charge on any atom is -0.379 e. The van der Waals surface area contributed by atoms with Gasteiger partial charge in [0.25, 0.3) is 5.91 Å². The first-order valence-corrected chi connectivity index (χ1v) is 8.08. The molecule has 2 fully saturated rings. The Labute approximate surface area is 135 Å². The summed E-state index contributed by atoms with van der Waals surface area (Å²) in [6, 6.07) is 7.93. The molecule has 2 heterocycles. The van der Waals surface area contributed by atoms with E-state index in [1.807, 2.05) is 36.2 Å². The number of carbonyl (C=O) groups excluding carboxylic acids is 1. The molecule has 1 aliphatic carbocycles. The molecule has 122 valence electrons. The van der Waals surface area contributed by atoms with Gasteiger partial charge in [0.2, 0.25) is 0 Å². The molecule has 1 amide bonds. The normalized spacial score (nSPS) is 27.4. The monoisotopic (exact) mass is 315 g/mol. The lowest BCUT2D eigenvalue weighted by Gasteiger charge is -2.38. The fraction of sp³-hybridized carbons (Fsp3) is 0.529. The molecule has 0 unspecified atom stereocenters. The highest BCUT2D eigenvalue weighted by molar-refractivity contribution is 6.05. The van der Waals surface area contributed by atoms with Crippen LogP contribution in [0, 0.1) is 0 Å². The zero-order chi connectivity index (χ0) is 16.0. The molecule has 1 aromatic carbocycles. The van der Waals surface area contributed by atoms with Gasteiger partial charge in [-0.15, -0.1) is 0 Å². The van der Waals surface area contributed by atoms with E-state index in [9.17, 15) is 4.79 Å². The van der Waals surface area contributed by atoms with Crippen molar-refractivity contribution in [3.63, 3.8) is 0 Å². The lowest BCUT2D eigenvalue weighted by Crippen LogP contribution is -2.53. The number of carbonyl (C=O) groups is 1. The summed E-state index contributed by atoms with van der Waals surface area (Å²) in [5.74, 6) is -0.00291. The molecule has 4 rings (SSSR count). The standard InChI is InChI=1S/C17H21N3O3/c1-19-12-6-4-3-5-11(12)15(18-19)17(21)20-9-10-23-16-13(20)7-8-14(16)22-2/h3-6,13-14,16H,7-10H2,1-2H3/t13-,14+,16+/m1/s1. The molecule has 0 bridgehead atoms. The molecule has 0 spiro atoms. The van der Waals surface area contributed by atoms with Crippen molar-refractivity contribution in [2.45, 2.75) is 31.1 Å². The smallest absolute Gasteiger partial charge is 0.275 e. The lowest BCUT2D eigenvalue weighted by atomic mass is 10.1. The number of fused-ring (bicyclic) bond motifs is 2. The Hall–Kier alpha value is -1.92. The fourth-order valence-corrected chi connectivity index (χ4v) is 3.93. The molecule has 1 saturated heterocycles. The molecule has 1 aliphatic heterocycles. The van der Waals surface area contributed by atoms with E-state index in [-0.39, 0.29) is 24.2 Å². The summed E-state index contributed by atoms with van der Waals surface area (Å²) in [5, 5.41) is 5.38. The van der Waals surface area contributed by atoms with Crippen molar-refractivity contribution >= 4 is 16.8 Å². The van der Waals surface area contributed by atoms with Crippen LogP contribution in [0.15, 0.2) is 24.3 Å². The van der Waals surface area contributed by atoms with E-state index in [0.29, 0.717) is 18.8 Å². The topological polar surface area (TPSA) is 56.6 Å². The van der Waals surface area contributed by atoms with Gasteiger partial charge in [-0.1, -0.05) is 18.2 Å². The first-order chi connectivity index (χ1) is 11.2. The molecule has 3 atom stereocenters. The predicted octanol–water partition coefficient (Wildman–Crippen LogP) is 1.59. The van der Waals surface area contributed by atoms with Gasteiger partial charge in [0.15, 0.2) is 5.69 Å². The molecule has 0 N–H and O–H groups in total. The number of hydrogen-bond donors (Lipinski definition) is 0. The molecule has 23 heavy (non-hydrogen) atoms. The van der Waals surface area contributed by atoms with Crippen LogP contribution in [0.25, 0.3) is 10.9 Å². The van der Waals surface area contributed by atoms with Gasteiger partial charge in [-0.25, -0.2) is 0 Å². The average molecular weight is 315 g/mol. The van der Waals surface area contributed by atoms with Gasteiger partial charge in [0.1, 0.15) is 6.10 Å². The number of amides is 1. The Balaban J connectivity index is 1.68. The molecule has 1 aromatic heterocycles. The van der Waals surface area contributed by atoms with Crippen molar-refractivity contribution < 1.29 is 14.3 Å². The van der Waals surface area contributed by atoms with Crippen LogP contribution >= 0.6 is 0 Å². The quantitative estimate of drug-likeness (QED) is 0.844. The highest BCUT2D eigenvalue weighted by atomic mass is 16.5. The Bertz CT molecular complexity index is 742. The van der Waals surface area contributed by atoms with Crippen LogP contribution in [-0.4, -0.2) is 59.1 Å². The van der Waals surface area contributed by atoms with Crippen molar-refractivity contribution in [3.8, 4) is 0 Å². The maximum absolute atomic E-state index is 13.1. The van der Waals surface area contributed by atoms with E-state index < -0.39 is 0 Å². The van der Waals surface area contributed by atoms with Gasteiger partial charge in [0.05, 0.1) is 24.3 Å². The first-order valence-electron chi connectivity index (χ1n) is 8.08. The van der Waals surface area contributed by atoms with Crippen molar-refractivity contribution in [1.29, 1.82) is 0 Å². The first kappa shape index (κ1) is 14.7. The number of rotatable bonds is 2. The maximum atomic E-state index is 13.1.